The average Bonchev–Trinajstić information content (AvgIpc) is 3.24. The van der Waals surface area contributed by atoms with Gasteiger partial charge in [-0.2, -0.15) is 0 Å². The third-order valence-corrected chi connectivity index (χ3v) is 7.00. The van der Waals surface area contributed by atoms with E-state index in [9.17, 15) is 14.6 Å². The Morgan fingerprint density at radius 2 is 1.50 bits per heavy atom. The van der Waals surface area contributed by atoms with Gasteiger partial charge in [-0.3, -0.25) is 4.90 Å². The van der Waals surface area contributed by atoms with E-state index < -0.39 is 11.7 Å². The van der Waals surface area contributed by atoms with Crippen LogP contribution in [0, 0.1) is 11.7 Å². The van der Waals surface area contributed by atoms with Crippen molar-refractivity contribution in [1.82, 2.24) is 4.90 Å². The molecule has 0 spiro atoms. The van der Waals surface area contributed by atoms with Gasteiger partial charge in [-0.05, 0) is 47.6 Å². The number of hydrogen-bond donors (Lipinski definition) is 2. The Kier molecular flexibility index (Phi) is 8.11. The van der Waals surface area contributed by atoms with Crippen molar-refractivity contribution < 1.29 is 19.3 Å². The van der Waals surface area contributed by atoms with Crippen LogP contribution in [0.15, 0.2) is 84.9 Å². The molecule has 5 heteroatoms. The molecular formula is C29H34FNO3. The van der Waals surface area contributed by atoms with Gasteiger partial charge in [0, 0.05) is 26.2 Å². The Morgan fingerprint density at radius 3 is 2.09 bits per heavy atom. The molecule has 2 N–H and O–H groups in total. The lowest BCUT2D eigenvalue weighted by Crippen LogP contribution is -2.40. The van der Waals surface area contributed by atoms with Gasteiger partial charge in [0.15, 0.2) is 0 Å². The van der Waals surface area contributed by atoms with Crippen LogP contribution in [0.3, 0.4) is 0 Å². The van der Waals surface area contributed by atoms with Crippen molar-refractivity contribution in [2.24, 2.45) is 5.92 Å². The van der Waals surface area contributed by atoms with Crippen LogP contribution in [0.1, 0.15) is 48.7 Å². The van der Waals surface area contributed by atoms with Crippen LogP contribution in [0.2, 0.25) is 0 Å². The monoisotopic (exact) mass is 463 g/mol. The van der Waals surface area contributed by atoms with Gasteiger partial charge in [0.2, 0.25) is 0 Å². The summed E-state index contributed by atoms with van der Waals surface area (Å²) in [5, 5.41) is 21.9. The summed E-state index contributed by atoms with van der Waals surface area (Å²) in [5.74, 6) is -0.267. The number of halogens is 1. The van der Waals surface area contributed by atoms with Crippen molar-refractivity contribution in [3.05, 3.63) is 107 Å². The van der Waals surface area contributed by atoms with Crippen molar-refractivity contribution in [1.29, 1.82) is 0 Å². The zero-order valence-corrected chi connectivity index (χ0v) is 19.7. The maximum Gasteiger partial charge on any atom is 0.123 e. The molecule has 1 fully saturated rings. The van der Waals surface area contributed by atoms with Crippen molar-refractivity contribution in [2.75, 3.05) is 26.2 Å². The Bertz CT molecular complexity index is 975. The van der Waals surface area contributed by atoms with Crippen LogP contribution >= 0.6 is 0 Å². The molecule has 4 rings (SSSR count). The summed E-state index contributed by atoms with van der Waals surface area (Å²) in [7, 11) is 0. The van der Waals surface area contributed by atoms with E-state index in [4.69, 9.17) is 4.74 Å². The SMILES string of the molecule is CC(CCOC(c1ccccc1)c1ccccc1)[C@]1(O)CCN(C[C@@H](O)c2ccc(F)cc2)C1. The number of benzene rings is 3. The second kappa shape index (κ2) is 11.2. The Balaban J connectivity index is 1.31. The minimum Gasteiger partial charge on any atom is -0.388 e. The second-order valence-corrected chi connectivity index (χ2v) is 9.42. The van der Waals surface area contributed by atoms with E-state index in [1.54, 1.807) is 12.1 Å². The zero-order valence-electron chi connectivity index (χ0n) is 19.7. The van der Waals surface area contributed by atoms with Gasteiger partial charge in [0.25, 0.3) is 0 Å². The summed E-state index contributed by atoms with van der Waals surface area (Å²) in [4.78, 5) is 2.09. The average molecular weight is 464 g/mol. The Labute approximate surface area is 201 Å². The topological polar surface area (TPSA) is 52.9 Å². The molecule has 1 aliphatic heterocycles. The summed E-state index contributed by atoms with van der Waals surface area (Å²) < 4.78 is 19.5. The van der Waals surface area contributed by atoms with Gasteiger partial charge in [-0.25, -0.2) is 4.39 Å². The molecule has 1 aliphatic rings. The van der Waals surface area contributed by atoms with Crippen molar-refractivity contribution in [2.45, 2.75) is 37.6 Å². The lowest BCUT2D eigenvalue weighted by atomic mass is 9.86. The quantitative estimate of drug-likeness (QED) is 0.438. The van der Waals surface area contributed by atoms with E-state index in [0.29, 0.717) is 31.7 Å². The molecule has 1 heterocycles. The van der Waals surface area contributed by atoms with Crippen LogP contribution < -0.4 is 0 Å². The first kappa shape index (κ1) is 24.6. The number of ether oxygens (including phenoxy) is 1. The third kappa shape index (κ3) is 6.10. The minimum atomic E-state index is -0.819. The van der Waals surface area contributed by atoms with Gasteiger partial charge < -0.3 is 14.9 Å². The molecular weight excluding hydrogens is 429 g/mol. The lowest BCUT2D eigenvalue weighted by Gasteiger charge is -2.31. The van der Waals surface area contributed by atoms with Gasteiger partial charge in [-0.15, -0.1) is 0 Å². The van der Waals surface area contributed by atoms with Gasteiger partial charge in [-0.1, -0.05) is 79.7 Å². The van der Waals surface area contributed by atoms with Gasteiger partial charge in [0.1, 0.15) is 11.9 Å². The van der Waals surface area contributed by atoms with Gasteiger partial charge in [0.05, 0.1) is 11.7 Å². The van der Waals surface area contributed by atoms with Crippen molar-refractivity contribution in [3.63, 3.8) is 0 Å². The smallest absolute Gasteiger partial charge is 0.123 e. The minimum absolute atomic E-state index is 0.0488. The van der Waals surface area contributed by atoms with Crippen LogP contribution in [0.25, 0.3) is 0 Å². The number of aliphatic hydroxyl groups is 2. The molecule has 3 aromatic rings. The maximum absolute atomic E-state index is 13.2. The lowest BCUT2D eigenvalue weighted by molar-refractivity contribution is -0.0243. The molecule has 0 amide bonds. The summed E-state index contributed by atoms with van der Waals surface area (Å²) in [6.07, 6.45) is 0.542. The first-order valence-corrected chi connectivity index (χ1v) is 12.0. The maximum atomic E-state index is 13.2. The number of hydrogen-bond acceptors (Lipinski definition) is 4. The van der Waals surface area contributed by atoms with E-state index in [-0.39, 0.29) is 17.8 Å². The highest BCUT2D eigenvalue weighted by Crippen LogP contribution is 2.33. The van der Waals surface area contributed by atoms with Gasteiger partial charge >= 0.3 is 0 Å². The number of nitrogens with zero attached hydrogens (tertiary/aromatic N) is 1. The molecule has 180 valence electrons. The first-order valence-electron chi connectivity index (χ1n) is 12.0. The Hall–Kier alpha value is -2.57. The second-order valence-electron chi connectivity index (χ2n) is 9.42. The highest BCUT2D eigenvalue weighted by Gasteiger charge is 2.41. The fourth-order valence-electron chi connectivity index (χ4n) is 4.76. The summed E-state index contributed by atoms with van der Waals surface area (Å²) >= 11 is 0. The van der Waals surface area contributed by atoms with E-state index in [1.807, 2.05) is 36.4 Å². The van der Waals surface area contributed by atoms with Crippen molar-refractivity contribution >= 4 is 0 Å². The molecule has 34 heavy (non-hydrogen) atoms. The van der Waals surface area contributed by atoms with Crippen LogP contribution in [0.4, 0.5) is 4.39 Å². The largest absolute Gasteiger partial charge is 0.388 e. The van der Waals surface area contributed by atoms with E-state index >= 15 is 0 Å². The molecule has 4 nitrogen and oxygen atoms in total. The van der Waals surface area contributed by atoms with E-state index in [0.717, 1.165) is 24.1 Å². The number of aliphatic hydroxyl groups excluding tert-OH is 1. The predicted octanol–water partition coefficient (Wildman–Crippen LogP) is 5.13. The zero-order chi connectivity index (χ0) is 24.0. The molecule has 3 atom stereocenters. The standard InChI is InChI=1S/C29H34FNO3/c1-22(16-19-34-28(24-8-4-2-5-9-24)25-10-6-3-7-11-25)29(33)17-18-31(21-29)20-27(32)23-12-14-26(30)15-13-23/h2-15,22,27-28,32-33H,16-21H2,1H3/t22?,27-,29+/m1/s1. The third-order valence-electron chi connectivity index (χ3n) is 7.00. The Morgan fingerprint density at radius 1 is 0.912 bits per heavy atom. The van der Waals surface area contributed by atoms with E-state index in [1.165, 1.54) is 12.1 Å². The summed E-state index contributed by atoms with van der Waals surface area (Å²) in [5.41, 5.74) is 2.09. The van der Waals surface area contributed by atoms with Crippen LogP contribution in [0.5, 0.6) is 0 Å². The number of likely N-dealkylation sites (tertiary alicyclic amines) is 1. The normalized spacial score (nSPS) is 20.5. The number of rotatable bonds is 10. The van der Waals surface area contributed by atoms with E-state index in [2.05, 4.69) is 36.1 Å². The van der Waals surface area contributed by atoms with Crippen LogP contribution in [-0.2, 0) is 4.74 Å². The molecule has 0 radical (unpaired) electrons. The fraction of sp³-hybridized carbons (Fsp3) is 0.379. The van der Waals surface area contributed by atoms with Crippen LogP contribution in [-0.4, -0.2) is 47.0 Å². The summed E-state index contributed by atoms with van der Waals surface area (Å²) in [6.45, 7) is 4.25. The molecule has 0 aliphatic carbocycles. The summed E-state index contributed by atoms with van der Waals surface area (Å²) in [6, 6.07) is 26.3. The number of β-amino-alcohol motifs (C(OH)–C–C–N with tert-alkyl or cyclic N) is 2. The first-order chi connectivity index (χ1) is 16.4. The molecule has 3 aromatic carbocycles. The molecule has 0 saturated carbocycles. The predicted molar refractivity (Wildman–Crippen MR) is 132 cm³/mol. The molecule has 0 bridgehead atoms. The molecule has 1 unspecified atom stereocenters. The molecule has 0 aromatic heterocycles. The highest BCUT2D eigenvalue weighted by molar-refractivity contribution is 5.29. The highest BCUT2D eigenvalue weighted by atomic mass is 19.1. The molecule has 1 saturated heterocycles. The van der Waals surface area contributed by atoms with Crippen molar-refractivity contribution in [3.8, 4) is 0 Å². The fourth-order valence-corrected chi connectivity index (χ4v) is 4.76.